The summed E-state index contributed by atoms with van der Waals surface area (Å²) in [7, 11) is 0. The molecule has 6 fully saturated rings. The number of piperazine rings is 1. The molecule has 2 amide bonds. The van der Waals surface area contributed by atoms with Gasteiger partial charge in [-0.15, -0.1) is 0 Å². The lowest BCUT2D eigenvalue weighted by molar-refractivity contribution is -0.159. The monoisotopic (exact) mass is 401 g/mol. The van der Waals surface area contributed by atoms with Crippen LogP contribution in [0.2, 0.25) is 0 Å². The molecule has 0 spiro atoms. The Balaban J connectivity index is 1.15. The molecular formula is C24H39N3O2. The molecule has 1 atom stereocenters. The van der Waals surface area contributed by atoms with E-state index in [1.807, 2.05) is 0 Å². The van der Waals surface area contributed by atoms with Gasteiger partial charge in [0.2, 0.25) is 11.8 Å². The van der Waals surface area contributed by atoms with E-state index in [1.54, 1.807) is 0 Å². The van der Waals surface area contributed by atoms with E-state index >= 15 is 0 Å². The van der Waals surface area contributed by atoms with E-state index in [4.69, 9.17) is 0 Å². The summed E-state index contributed by atoms with van der Waals surface area (Å²) in [5, 5.41) is 0. The quantitative estimate of drug-likeness (QED) is 0.727. The molecule has 4 bridgehead atoms. The van der Waals surface area contributed by atoms with Crippen molar-refractivity contribution < 1.29 is 9.59 Å². The second-order valence-corrected chi connectivity index (χ2v) is 10.9. The Morgan fingerprint density at radius 3 is 2.07 bits per heavy atom. The van der Waals surface area contributed by atoms with Crippen LogP contribution in [0.1, 0.15) is 71.1 Å². The molecule has 2 heterocycles. The fourth-order valence-electron chi connectivity index (χ4n) is 7.85. The minimum absolute atomic E-state index is 0.0190. The maximum absolute atomic E-state index is 13.5. The van der Waals surface area contributed by atoms with Gasteiger partial charge in [0.25, 0.3) is 0 Å². The molecule has 5 heteroatoms. The molecule has 0 radical (unpaired) electrons. The third-order valence-corrected chi connectivity index (χ3v) is 8.93. The molecule has 0 N–H and O–H groups in total. The smallest absolute Gasteiger partial charge is 0.236 e. The second kappa shape index (κ2) is 7.86. The Morgan fingerprint density at radius 2 is 1.48 bits per heavy atom. The van der Waals surface area contributed by atoms with Crippen LogP contribution in [0.5, 0.6) is 0 Å². The van der Waals surface area contributed by atoms with Crippen LogP contribution >= 0.6 is 0 Å². The van der Waals surface area contributed by atoms with Crippen molar-refractivity contribution in [3.63, 3.8) is 0 Å². The van der Waals surface area contributed by atoms with Gasteiger partial charge in [-0.1, -0.05) is 6.92 Å². The number of piperidine rings is 1. The van der Waals surface area contributed by atoms with Gasteiger partial charge < -0.3 is 9.80 Å². The Kier molecular flexibility index (Phi) is 5.38. The summed E-state index contributed by atoms with van der Waals surface area (Å²) in [4.78, 5) is 33.0. The van der Waals surface area contributed by atoms with Crippen LogP contribution in [0.15, 0.2) is 0 Å². The molecular weight excluding hydrogens is 362 g/mol. The van der Waals surface area contributed by atoms with Crippen LogP contribution in [0, 0.1) is 23.2 Å². The summed E-state index contributed by atoms with van der Waals surface area (Å²) in [6.45, 7) is 7.00. The highest BCUT2D eigenvalue weighted by atomic mass is 16.2. The van der Waals surface area contributed by atoms with E-state index in [0.29, 0.717) is 24.4 Å². The highest BCUT2D eigenvalue weighted by Crippen LogP contribution is 2.60. The Hall–Kier alpha value is -1.10. The zero-order valence-corrected chi connectivity index (χ0v) is 18.3. The number of likely N-dealkylation sites (tertiary alicyclic amines) is 1. The van der Waals surface area contributed by atoms with Crippen molar-refractivity contribution in [3.8, 4) is 0 Å². The van der Waals surface area contributed by atoms with Crippen molar-refractivity contribution >= 4 is 11.8 Å². The van der Waals surface area contributed by atoms with Crippen LogP contribution in [0.3, 0.4) is 0 Å². The van der Waals surface area contributed by atoms with Crippen molar-refractivity contribution in [2.45, 2.75) is 77.2 Å². The fourth-order valence-corrected chi connectivity index (χ4v) is 7.85. The van der Waals surface area contributed by atoms with Gasteiger partial charge in [0.05, 0.1) is 12.0 Å². The summed E-state index contributed by atoms with van der Waals surface area (Å²) >= 11 is 0. The topological polar surface area (TPSA) is 43.9 Å². The highest BCUT2D eigenvalue weighted by molar-refractivity contribution is 5.83. The van der Waals surface area contributed by atoms with Crippen LogP contribution in [-0.2, 0) is 9.59 Å². The molecule has 6 aliphatic rings. The average Bonchev–Trinajstić information content (AvgIpc) is 2.72. The van der Waals surface area contributed by atoms with Crippen molar-refractivity contribution in [2.75, 3.05) is 39.3 Å². The lowest BCUT2D eigenvalue weighted by Gasteiger charge is -2.57. The predicted octanol–water partition coefficient (Wildman–Crippen LogP) is 3.14. The van der Waals surface area contributed by atoms with Crippen molar-refractivity contribution in [3.05, 3.63) is 0 Å². The first-order valence-electron chi connectivity index (χ1n) is 12.4. The van der Waals surface area contributed by atoms with Crippen molar-refractivity contribution in [1.29, 1.82) is 0 Å². The van der Waals surface area contributed by atoms with E-state index < -0.39 is 0 Å². The van der Waals surface area contributed by atoms with Crippen molar-refractivity contribution in [1.82, 2.24) is 14.7 Å². The molecule has 5 nitrogen and oxygen atoms in total. The summed E-state index contributed by atoms with van der Waals surface area (Å²) in [5.74, 6) is 3.22. The largest absolute Gasteiger partial charge is 0.340 e. The number of amides is 2. The molecule has 162 valence electrons. The Bertz CT molecular complexity index is 605. The highest BCUT2D eigenvalue weighted by Gasteiger charge is 2.55. The third kappa shape index (κ3) is 3.73. The average molecular weight is 402 g/mol. The number of carbonyl (C=O) groups is 2. The Morgan fingerprint density at radius 1 is 0.862 bits per heavy atom. The molecule has 4 saturated carbocycles. The predicted molar refractivity (Wildman–Crippen MR) is 113 cm³/mol. The van der Waals surface area contributed by atoms with Gasteiger partial charge in [-0.2, -0.15) is 0 Å². The number of carbonyl (C=O) groups excluding carboxylic acids is 2. The summed E-state index contributed by atoms with van der Waals surface area (Å²) in [6, 6.07) is 0.440. The van der Waals surface area contributed by atoms with E-state index in [9.17, 15) is 9.59 Å². The number of hydrogen-bond acceptors (Lipinski definition) is 3. The molecule has 6 rings (SSSR count). The van der Waals surface area contributed by atoms with Gasteiger partial charge in [-0.05, 0) is 82.0 Å². The van der Waals surface area contributed by atoms with Crippen LogP contribution < -0.4 is 0 Å². The van der Waals surface area contributed by atoms with E-state index in [1.165, 1.54) is 25.7 Å². The first kappa shape index (κ1) is 19.8. The maximum Gasteiger partial charge on any atom is 0.236 e. The lowest BCUT2D eigenvalue weighted by Crippen LogP contribution is -2.59. The third-order valence-electron chi connectivity index (χ3n) is 8.93. The zero-order valence-electron chi connectivity index (χ0n) is 18.3. The molecule has 1 unspecified atom stereocenters. The minimum Gasteiger partial charge on any atom is -0.340 e. The molecule has 0 aromatic rings. The summed E-state index contributed by atoms with van der Waals surface area (Å²) in [5.41, 5.74) is -0.0190. The van der Waals surface area contributed by atoms with Crippen LogP contribution in [-0.4, -0.2) is 71.8 Å². The molecule has 0 aromatic heterocycles. The van der Waals surface area contributed by atoms with Gasteiger partial charge in [0.1, 0.15) is 0 Å². The van der Waals surface area contributed by atoms with E-state index in [2.05, 4.69) is 21.6 Å². The minimum atomic E-state index is -0.0190. The molecule has 0 aromatic carbocycles. The number of rotatable bonds is 4. The van der Waals surface area contributed by atoms with Crippen molar-refractivity contribution in [2.24, 2.45) is 23.2 Å². The zero-order chi connectivity index (χ0) is 20.0. The molecule has 29 heavy (non-hydrogen) atoms. The standard InChI is InChI=1S/C24H39N3O2/c1-2-21-5-3-4-6-27(21)22(28)17-25-7-9-26(10-8-25)23(29)24-14-18-11-19(15-24)13-20(12-18)16-24/h18-21H,2-17H2,1H3. The van der Waals surface area contributed by atoms with Gasteiger partial charge in [0, 0.05) is 38.8 Å². The summed E-state index contributed by atoms with van der Waals surface area (Å²) < 4.78 is 0. The van der Waals surface area contributed by atoms with Gasteiger partial charge in [0.15, 0.2) is 0 Å². The first-order chi connectivity index (χ1) is 14.1. The summed E-state index contributed by atoms with van der Waals surface area (Å²) in [6.07, 6.45) is 12.3. The SMILES string of the molecule is CCC1CCCCN1C(=O)CN1CCN(C(=O)C23CC4CC(CC(C4)C2)C3)CC1. The van der Waals surface area contributed by atoms with Gasteiger partial charge >= 0.3 is 0 Å². The van der Waals surface area contributed by atoms with Gasteiger partial charge in [-0.25, -0.2) is 0 Å². The molecule has 2 saturated heterocycles. The van der Waals surface area contributed by atoms with Crippen LogP contribution in [0.4, 0.5) is 0 Å². The fraction of sp³-hybridized carbons (Fsp3) is 0.917. The number of nitrogens with zero attached hydrogens (tertiary/aromatic N) is 3. The maximum atomic E-state index is 13.5. The van der Waals surface area contributed by atoms with E-state index in [0.717, 1.165) is 89.0 Å². The Labute approximate surface area is 176 Å². The molecule has 2 aliphatic heterocycles. The first-order valence-corrected chi connectivity index (χ1v) is 12.4. The normalized spacial score (nSPS) is 39.8. The molecule has 4 aliphatic carbocycles. The van der Waals surface area contributed by atoms with E-state index in [-0.39, 0.29) is 5.41 Å². The lowest BCUT2D eigenvalue weighted by atomic mass is 9.49. The van der Waals surface area contributed by atoms with Crippen LogP contribution in [0.25, 0.3) is 0 Å². The van der Waals surface area contributed by atoms with Gasteiger partial charge in [-0.3, -0.25) is 14.5 Å². The second-order valence-electron chi connectivity index (χ2n) is 10.9. The number of hydrogen-bond donors (Lipinski definition) is 0.